The molecule has 0 aromatic carbocycles. The van der Waals surface area contributed by atoms with Crippen molar-refractivity contribution in [3.63, 3.8) is 0 Å². The third kappa shape index (κ3) is 2.33. The summed E-state index contributed by atoms with van der Waals surface area (Å²) >= 11 is 0. The first-order chi connectivity index (χ1) is 4.30. The van der Waals surface area contributed by atoms with Gasteiger partial charge in [-0.1, -0.05) is 6.07 Å². The molecular formula is C7H10ClNO. The smallest absolute Gasteiger partial charge is 0.0931 e. The zero-order chi connectivity index (χ0) is 6.69. The number of aliphatic hydroxyl groups excluding tert-OH is 1. The first kappa shape index (κ1) is 9.40. The fourth-order valence-corrected chi connectivity index (χ4v) is 0.623. The highest BCUT2D eigenvalue weighted by Gasteiger charge is 1.97. The molecule has 0 aliphatic rings. The zero-order valence-electron chi connectivity index (χ0n) is 5.69. The van der Waals surface area contributed by atoms with Crippen LogP contribution in [0.2, 0.25) is 0 Å². The Bertz CT molecular complexity index is 176. The van der Waals surface area contributed by atoms with Crippen molar-refractivity contribution in [2.24, 2.45) is 0 Å². The van der Waals surface area contributed by atoms with Gasteiger partial charge in [0, 0.05) is 6.20 Å². The molecule has 3 heteroatoms. The predicted molar refractivity (Wildman–Crippen MR) is 42.1 cm³/mol. The number of halogens is 1. The molecule has 0 amide bonds. The van der Waals surface area contributed by atoms with Crippen LogP contribution in [0.4, 0.5) is 0 Å². The fraction of sp³-hybridized carbons (Fsp3) is 0.286. The van der Waals surface area contributed by atoms with Crippen molar-refractivity contribution in [3.05, 3.63) is 30.1 Å². The van der Waals surface area contributed by atoms with E-state index in [0.717, 1.165) is 5.69 Å². The molecule has 0 saturated carbocycles. The van der Waals surface area contributed by atoms with Crippen LogP contribution in [0.15, 0.2) is 24.4 Å². The molecule has 2 nitrogen and oxygen atoms in total. The molecule has 0 aliphatic carbocycles. The van der Waals surface area contributed by atoms with Gasteiger partial charge in [-0.25, -0.2) is 0 Å². The zero-order valence-corrected chi connectivity index (χ0v) is 6.51. The summed E-state index contributed by atoms with van der Waals surface area (Å²) in [6.07, 6.45) is 1.22. The van der Waals surface area contributed by atoms with E-state index in [4.69, 9.17) is 5.11 Å². The van der Waals surface area contributed by atoms with Crippen LogP contribution >= 0.6 is 12.4 Å². The summed E-state index contributed by atoms with van der Waals surface area (Å²) < 4.78 is 0. The van der Waals surface area contributed by atoms with Crippen molar-refractivity contribution in [2.45, 2.75) is 13.0 Å². The van der Waals surface area contributed by atoms with Gasteiger partial charge in [0.15, 0.2) is 0 Å². The maximum absolute atomic E-state index is 8.96. The van der Waals surface area contributed by atoms with Gasteiger partial charge in [0.25, 0.3) is 0 Å². The lowest BCUT2D eigenvalue weighted by molar-refractivity contribution is 0.194. The van der Waals surface area contributed by atoms with Crippen LogP contribution in [0.25, 0.3) is 0 Å². The number of rotatable bonds is 1. The second-order valence-electron chi connectivity index (χ2n) is 1.93. The lowest BCUT2D eigenvalue weighted by atomic mass is 10.2. The Morgan fingerprint density at radius 2 is 2.20 bits per heavy atom. The first-order valence-electron chi connectivity index (χ1n) is 2.89. The fourth-order valence-electron chi connectivity index (χ4n) is 0.623. The Balaban J connectivity index is 0.000000810. The van der Waals surface area contributed by atoms with E-state index in [1.807, 2.05) is 12.1 Å². The summed E-state index contributed by atoms with van der Waals surface area (Å²) in [6, 6.07) is 5.48. The van der Waals surface area contributed by atoms with E-state index < -0.39 is 6.10 Å². The number of hydrogen-bond donors (Lipinski definition) is 1. The second-order valence-corrected chi connectivity index (χ2v) is 1.93. The van der Waals surface area contributed by atoms with Gasteiger partial charge in [-0.3, -0.25) is 4.98 Å². The molecule has 1 aromatic heterocycles. The van der Waals surface area contributed by atoms with Crippen LogP contribution in [-0.4, -0.2) is 10.1 Å². The van der Waals surface area contributed by atoms with Crippen molar-refractivity contribution in [1.82, 2.24) is 4.98 Å². The second kappa shape index (κ2) is 4.25. The first-order valence-corrected chi connectivity index (χ1v) is 2.89. The van der Waals surface area contributed by atoms with Crippen LogP contribution in [0.3, 0.4) is 0 Å². The SMILES string of the molecule is C[C@@H](O)c1ccccn1.Cl. The lowest BCUT2D eigenvalue weighted by Gasteiger charge is -1.99. The highest BCUT2D eigenvalue weighted by molar-refractivity contribution is 5.85. The molecule has 1 atom stereocenters. The van der Waals surface area contributed by atoms with Crippen LogP contribution in [0, 0.1) is 0 Å². The molecule has 1 N–H and O–H groups in total. The molecule has 0 radical (unpaired) electrons. The Hall–Kier alpha value is -0.600. The van der Waals surface area contributed by atoms with Crippen molar-refractivity contribution in [3.8, 4) is 0 Å². The molecule has 1 rings (SSSR count). The summed E-state index contributed by atoms with van der Waals surface area (Å²) in [6.45, 7) is 1.70. The average Bonchev–Trinajstić information content (AvgIpc) is 1.90. The Morgan fingerprint density at radius 3 is 2.50 bits per heavy atom. The molecule has 56 valence electrons. The summed E-state index contributed by atoms with van der Waals surface area (Å²) in [5.74, 6) is 0. The molecule has 10 heavy (non-hydrogen) atoms. The van der Waals surface area contributed by atoms with Crippen molar-refractivity contribution in [1.29, 1.82) is 0 Å². The number of aromatic nitrogens is 1. The van der Waals surface area contributed by atoms with Gasteiger partial charge in [-0.2, -0.15) is 0 Å². The highest BCUT2D eigenvalue weighted by atomic mass is 35.5. The van der Waals surface area contributed by atoms with Crippen LogP contribution < -0.4 is 0 Å². The van der Waals surface area contributed by atoms with Crippen LogP contribution in [-0.2, 0) is 0 Å². The van der Waals surface area contributed by atoms with Crippen molar-refractivity contribution >= 4 is 12.4 Å². The van der Waals surface area contributed by atoms with Gasteiger partial charge in [0.2, 0.25) is 0 Å². The molecular weight excluding hydrogens is 150 g/mol. The van der Waals surface area contributed by atoms with E-state index in [1.54, 1.807) is 19.2 Å². The minimum atomic E-state index is -0.453. The normalized spacial score (nSPS) is 11.8. The molecule has 1 heterocycles. The minimum Gasteiger partial charge on any atom is -0.387 e. The van der Waals surface area contributed by atoms with E-state index in [1.165, 1.54) is 0 Å². The van der Waals surface area contributed by atoms with Crippen molar-refractivity contribution < 1.29 is 5.11 Å². The molecule has 0 aliphatic heterocycles. The van der Waals surface area contributed by atoms with E-state index >= 15 is 0 Å². The van der Waals surface area contributed by atoms with Gasteiger partial charge in [0.1, 0.15) is 0 Å². The van der Waals surface area contributed by atoms with Gasteiger partial charge in [-0.15, -0.1) is 12.4 Å². The molecule has 0 bridgehead atoms. The van der Waals surface area contributed by atoms with E-state index in [0.29, 0.717) is 0 Å². The number of nitrogens with zero attached hydrogens (tertiary/aromatic N) is 1. The van der Waals surface area contributed by atoms with E-state index in [2.05, 4.69) is 4.98 Å². The largest absolute Gasteiger partial charge is 0.387 e. The predicted octanol–water partition coefficient (Wildman–Crippen LogP) is 1.56. The van der Waals surface area contributed by atoms with Gasteiger partial charge >= 0.3 is 0 Å². The Morgan fingerprint density at radius 1 is 1.50 bits per heavy atom. The Kier molecular flexibility index (Phi) is 4.00. The number of aliphatic hydroxyl groups is 1. The van der Waals surface area contributed by atoms with Crippen molar-refractivity contribution in [2.75, 3.05) is 0 Å². The van der Waals surface area contributed by atoms with E-state index in [-0.39, 0.29) is 12.4 Å². The van der Waals surface area contributed by atoms with Crippen LogP contribution in [0.5, 0.6) is 0 Å². The monoisotopic (exact) mass is 159 g/mol. The lowest BCUT2D eigenvalue weighted by Crippen LogP contribution is -1.92. The van der Waals surface area contributed by atoms with Gasteiger partial charge < -0.3 is 5.11 Å². The third-order valence-corrected chi connectivity index (χ3v) is 1.12. The number of hydrogen-bond acceptors (Lipinski definition) is 2. The topological polar surface area (TPSA) is 33.1 Å². The molecule has 0 unspecified atom stereocenters. The van der Waals surface area contributed by atoms with Gasteiger partial charge in [-0.05, 0) is 19.1 Å². The third-order valence-electron chi connectivity index (χ3n) is 1.12. The minimum absolute atomic E-state index is 0. The van der Waals surface area contributed by atoms with E-state index in [9.17, 15) is 0 Å². The summed E-state index contributed by atoms with van der Waals surface area (Å²) in [7, 11) is 0. The molecule has 0 spiro atoms. The molecule has 0 fully saturated rings. The average molecular weight is 160 g/mol. The standard InChI is InChI=1S/C7H9NO.ClH/c1-6(9)7-4-2-3-5-8-7;/h2-6,9H,1H3;1H/t6-;/m1./s1. The summed E-state index contributed by atoms with van der Waals surface area (Å²) in [5.41, 5.74) is 0.720. The van der Waals surface area contributed by atoms with Gasteiger partial charge in [0.05, 0.1) is 11.8 Å². The molecule has 0 saturated heterocycles. The summed E-state index contributed by atoms with van der Waals surface area (Å²) in [5, 5.41) is 8.96. The molecule has 1 aromatic rings. The quantitative estimate of drug-likeness (QED) is 0.675. The maximum Gasteiger partial charge on any atom is 0.0931 e. The highest BCUT2D eigenvalue weighted by Crippen LogP contribution is 2.05. The Labute approximate surface area is 66.3 Å². The summed E-state index contributed by atoms with van der Waals surface area (Å²) in [4.78, 5) is 3.93. The maximum atomic E-state index is 8.96. The van der Waals surface area contributed by atoms with Crippen LogP contribution in [0.1, 0.15) is 18.7 Å². The number of pyridine rings is 1.